The Hall–Kier alpha value is -3.42. The van der Waals surface area contributed by atoms with Gasteiger partial charge in [-0.25, -0.2) is 0 Å². The Labute approximate surface area is 193 Å². The van der Waals surface area contributed by atoms with E-state index in [1.807, 2.05) is 24.3 Å². The molecule has 33 heavy (non-hydrogen) atoms. The zero-order valence-electron chi connectivity index (χ0n) is 18.5. The molecule has 172 valence electrons. The number of nitrogens with zero attached hydrogens (tertiary/aromatic N) is 2. The third-order valence-corrected chi connectivity index (χ3v) is 5.89. The fraction of sp³-hybridized carbons (Fsp3) is 0.308. The van der Waals surface area contributed by atoms with Gasteiger partial charge < -0.3 is 19.5 Å². The van der Waals surface area contributed by atoms with Crippen molar-refractivity contribution in [2.75, 3.05) is 46.0 Å². The Morgan fingerprint density at radius 3 is 2.58 bits per heavy atom. The van der Waals surface area contributed by atoms with E-state index in [4.69, 9.17) is 9.47 Å². The van der Waals surface area contributed by atoms with Gasteiger partial charge in [0.05, 0.1) is 24.8 Å². The topological polar surface area (TPSA) is 79.3 Å². The van der Waals surface area contributed by atoms with Crippen LogP contribution < -0.4 is 4.74 Å². The molecular weight excluding hydrogens is 420 g/mol. The van der Waals surface area contributed by atoms with Gasteiger partial charge >= 0.3 is 0 Å². The van der Waals surface area contributed by atoms with Crippen molar-refractivity contribution in [1.29, 1.82) is 0 Å². The standard InChI is InChI=1S/C26H28N2O5/c1-2-15-33-21-10-6-9-20(18-21)23-22(24(29)19-7-4-3-5-8-19)25(30)26(31)28(23)12-11-27-13-16-32-17-14-27/h2-10,18,23,29H,1,11-17H2/b24-22+/t23-/m0/s1. The van der Waals surface area contributed by atoms with Crippen LogP contribution in [0.5, 0.6) is 5.75 Å². The lowest BCUT2D eigenvalue weighted by molar-refractivity contribution is -0.140. The Bertz CT molecular complexity index is 1040. The number of aliphatic hydroxyl groups excluding tert-OH is 1. The van der Waals surface area contributed by atoms with Crippen molar-refractivity contribution in [3.05, 3.63) is 84.0 Å². The molecule has 2 aromatic carbocycles. The number of hydrogen-bond donors (Lipinski definition) is 1. The van der Waals surface area contributed by atoms with E-state index in [2.05, 4.69) is 11.5 Å². The van der Waals surface area contributed by atoms with Crippen LogP contribution in [-0.2, 0) is 14.3 Å². The average Bonchev–Trinajstić information content (AvgIpc) is 3.12. The highest BCUT2D eigenvalue weighted by Gasteiger charge is 2.46. The molecule has 1 amide bonds. The van der Waals surface area contributed by atoms with E-state index in [0.717, 1.165) is 13.1 Å². The molecule has 0 unspecified atom stereocenters. The number of likely N-dealkylation sites (tertiary alicyclic amines) is 1. The first kappa shape index (κ1) is 22.8. The summed E-state index contributed by atoms with van der Waals surface area (Å²) in [7, 11) is 0. The molecule has 0 aromatic heterocycles. The van der Waals surface area contributed by atoms with E-state index in [-0.39, 0.29) is 11.3 Å². The van der Waals surface area contributed by atoms with Crippen molar-refractivity contribution in [3.8, 4) is 5.75 Å². The number of morpholine rings is 1. The molecule has 0 radical (unpaired) electrons. The van der Waals surface area contributed by atoms with Crippen LogP contribution in [0.4, 0.5) is 0 Å². The first-order chi connectivity index (χ1) is 16.1. The predicted octanol–water partition coefficient (Wildman–Crippen LogP) is 3.01. The molecule has 2 aromatic rings. The molecule has 1 N–H and O–H groups in total. The SMILES string of the molecule is C=CCOc1cccc([C@H]2/C(=C(\O)c3ccccc3)C(=O)C(=O)N2CCN2CCOCC2)c1. The van der Waals surface area contributed by atoms with Crippen molar-refractivity contribution in [2.24, 2.45) is 0 Å². The van der Waals surface area contributed by atoms with E-state index in [9.17, 15) is 14.7 Å². The lowest BCUT2D eigenvalue weighted by atomic mass is 9.95. The largest absolute Gasteiger partial charge is 0.507 e. The van der Waals surface area contributed by atoms with Gasteiger partial charge in [-0.1, -0.05) is 55.1 Å². The van der Waals surface area contributed by atoms with Gasteiger partial charge in [-0.15, -0.1) is 0 Å². The third kappa shape index (κ3) is 4.99. The van der Waals surface area contributed by atoms with Crippen LogP contribution in [0.1, 0.15) is 17.2 Å². The summed E-state index contributed by atoms with van der Waals surface area (Å²) in [5.74, 6) is -0.861. The molecule has 7 nitrogen and oxygen atoms in total. The number of ether oxygens (including phenoxy) is 2. The summed E-state index contributed by atoms with van der Waals surface area (Å²) in [5, 5.41) is 11.1. The van der Waals surface area contributed by atoms with E-state index in [1.165, 1.54) is 0 Å². The first-order valence-corrected chi connectivity index (χ1v) is 11.1. The minimum Gasteiger partial charge on any atom is -0.507 e. The van der Waals surface area contributed by atoms with Crippen molar-refractivity contribution >= 4 is 17.4 Å². The van der Waals surface area contributed by atoms with Crippen LogP contribution in [0.3, 0.4) is 0 Å². The van der Waals surface area contributed by atoms with E-state index >= 15 is 0 Å². The van der Waals surface area contributed by atoms with Crippen LogP contribution in [0, 0.1) is 0 Å². The van der Waals surface area contributed by atoms with Gasteiger partial charge in [-0.3, -0.25) is 14.5 Å². The summed E-state index contributed by atoms with van der Waals surface area (Å²) >= 11 is 0. The summed E-state index contributed by atoms with van der Waals surface area (Å²) in [5.41, 5.74) is 1.29. The molecule has 0 bridgehead atoms. The number of benzene rings is 2. The molecule has 7 heteroatoms. The minimum absolute atomic E-state index is 0.0917. The van der Waals surface area contributed by atoms with Gasteiger partial charge in [0.1, 0.15) is 18.1 Å². The lowest BCUT2D eigenvalue weighted by Gasteiger charge is -2.31. The van der Waals surface area contributed by atoms with Gasteiger partial charge in [-0.2, -0.15) is 0 Å². The molecule has 4 rings (SSSR count). The fourth-order valence-electron chi connectivity index (χ4n) is 4.21. The maximum absolute atomic E-state index is 13.1. The number of rotatable bonds is 8. The summed E-state index contributed by atoms with van der Waals surface area (Å²) in [6, 6.07) is 15.4. The van der Waals surface area contributed by atoms with Gasteiger partial charge in [-0.05, 0) is 17.7 Å². The number of carbonyl (C=O) groups is 2. The van der Waals surface area contributed by atoms with Crippen molar-refractivity contribution in [3.63, 3.8) is 0 Å². The normalized spacial score (nSPS) is 20.7. The molecule has 2 heterocycles. The van der Waals surface area contributed by atoms with Crippen molar-refractivity contribution in [2.45, 2.75) is 6.04 Å². The number of ketones is 1. The Kier molecular flexibility index (Phi) is 7.22. The van der Waals surface area contributed by atoms with Gasteiger partial charge in [0.2, 0.25) is 0 Å². The summed E-state index contributed by atoms with van der Waals surface area (Å²) < 4.78 is 11.1. The third-order valence-electron chi connectivity index (χ3n) is 5.89. The number of Topliss-reactive ketones (excluding diaryl/α,β-unsaturated/α-hetero) is 1. The molecule has 0 aliphatic carbocycles. The molecule has 2 saturated heterocycles. The molecule has 2 fully saturated rings. The van der Waals surface area contributed by atoms with Crippen molar-refractivity contribution < 1.29 is 24.2 Å². The number of carbonyl (C=O) groups excluding carboxylic acids is 2. The van der Waals surface area contributed by atoms with Crippen molar-refractivity contribution in [1.82, 2.24) is 9.80 Å². The van der Waals surface area contributed by atoms with Crippen LogP contribution >= 0.6 is 0 Å². The molecular formula is C26H28N2O5. The Balaban J connectivity index is 1.73. The van der Waals surface area contributed by atoms with Crippen LogP contribution in [0.15, 0.2) is 72.8 Å². The van der Waals surface area contributed by atoms with Crippen LogP contribution in [0.25, 0.3) is 5.76 Å². The van der Waals surface area contributed by atoms with Gasteiger partial charge in [0.25, 0.3) is 11.7 Å². The predicted molar refractivity (Wildman–Crippen MR) is 125 cm³/mol. The second-order valence-corrected chi connectivity index (χ2v) is 7.98. The quantitative estimate of drug-likeness (QED) is 0.290. The number of amides is 1. The monoisotopic (exact) mass is 448 g/mol. The minimum atomic E-state index is -0.710. The van der Waals surface area contributed by atoms with E-state index in [0.29, 0.717) is 49.8 Å². The smallest absolute Gasteiger partial charge is 0.295 e. The maximum Gasteiger partial charge on any atom is 0.295 e. The Morgan fingerprint density at radius 2 is 1.85 bits per heavy atom. The zero-order valence-corrected chi connectivity index (χ0v) is 18.5. The highest BCUT2D eigenvalue weighted by molar-refractivity contribution is 6.46. The molecule has 0 saturated carbocycles. The molecule has 2 aliphatic heterocycles. The summed E-state index contributed by atoms with van der Waals surface area (Å²) in [6.07, 6.45) is 1.65. The Morgan fingerprint density at radius 1 is 1.09 bits per heavy atom. The highest BCUT2D eigenvalue weighted by Crippen LogP contribution is 2.40. The zero-order chi connectivity index (χ0) is 23.2. The van der Waals surface area contributed by atoms with Gasteiger partial charge in [0.15, 0.2) is 0 Å². The fourth-order valence-corrected chi connectivity index (χ4v) is 4.21. The summed E-state index contributed by atoms with van der Waals surface area (Å²) in [4.78, 5) is 30.0. The molecule has 2 aliphatic rings. The van der Waals surface area contributed by atoms with E-state index < -0.39 is 17.7 Å². The second kappa shape index (κ2) is 10.5. The van der Waals surface area contributed by atoms with Crippen LogP contribution in [-0.4, -0.2) is 72.6 Å². The lowest BCUT2D eigenvalue weighted by Crippen LogP contribution is -2.42. The molecule has 1 atom stereocenters. The number of aliphatic hydroxyl groups is 1. The second-order valence-electron chi connectivity index (χ2n) is 7.98. The first-order valence-electron chi connectivity index (χ1n) is 11.1. The average molecular weight is 449 g/mol. The van der Waals surface area contributed by atoms with E-state index in [1.54, 1.807) is 41.3 Å². The maximum atomic E-state index is 13.1. The van der Waals surface area contributed by atoms with Gasteiger partial charge in [0, 0.05) is 31.7 Å². The van der Waals surface area contributed by atoms with Crippen LogP contribution in [0.2, 0.25) is 0 Å². The molecule has 0 spiro atoms. The summed E-state index contributed by atoms with van der Waals surface area (Å²) in [6.45, 7) is 7.85. The highest BCUT2D eigenvalue weighted by atomic mass is 16.5. The number of hydrogen-bond acceptors (Lipinski definition) is 6.